The zero-order chi connectivity index (χ0) is 9.10. The maximum absolute atomic E-state index is 11.7. The van der Waals surface area contributed by atoms with Gasteiger partial charge >= 0.3 is 0 Å². The van der Waals surface area contributed by atoms with Gasteiger partial charge in [-0.15, -0.1) is 0 Å². The molecule has 1 saturated heterocycles. The molecular weight excluding hydrogens is 184 g/mol. The van der Waals surface area contributed by atoms with Crippen molar-refractivity contribution in [2.24, 2.45) is 0 Å². The van der Waals surface area contributed by atoms with Crippen molar-refractivity contribution in [3.63, 3.8) is 0 Å². The number of hydrogen-bond acceptors (Lipinski definition) is 4. The van der Waals surface area contributed by atoms with Crippen molar-refractivity contribution in [1.82, 2.24) is 9.97 Å². The lowest BCUT2D eigenvalue weighted by atomic mass is 10.1. The van der Waals surface area contributed by atoms with Gasteiger partial charge in [0.05, 0.1) is 11.4 Å². The number of nitrogens with zero attached hydrogens (tertiary/aromatic N) is 2. The molecule has 0 saturated carbocycles. The van der Waals surface area contributed by atoms with E-state index in [4.69, 9.17) is 0 Å². The van der Waals surface area contributed by atoms with Crippen LogP contribution in [0.15, 0.2) is 18.6 Å². The highest BCUT2D eigenvalue weighted by Crippen LogP contribution is 2.28. The van der Waals surface area contributed by atoms with E-state index in [0.717, 1.165) is 18.6 Å². The van der Waals surface area contributed by atoms with E-state index in [1.54, 1.807) is 30.4 Å². The fraction of sp³-hybridized carbons (Fsp3) is 0.444. The van der Waals surface area contributed by atoms with Crippen molar-refractivity contribution in [3.05, 3.63) is 24.3 Å². The lowest BCUT2D eigenvalue weighted by molar-refractivity contribution is 0.0983. The Kier molecular flexibility index (Phi) is 2.59. The van der Waals surface area contributed by atoms with E-state index >= 15 is 0 Å². The van der Waals surface area contributed by atoms with Gasteiger partial charge in [0.15, 0.2) is 5.78 Å². The fourth-order valence-electron chi connectivity index (χ4n) is 1.38. The molecule has 68 valence electrons. The maximum atomic E-state index is 11.7. The number of hydrogen-bond donors (Lipinski definition) is 0. The van der Waals surface area contributed by atoms with Crippen LogP contribution in [-0.4, -0.2) is 26.8 Å². The van der Waals surface area contributed by atoms with Gasteiger partial charge in [0, 0.05) is 12.4 Å². The highest BCUT2D eigenvalue weighted by molar-refractivity contribution is 8.00. The lowest BCUT2D eigenvalue weighted by Crippen LogP contribution is -2.15. The lowest BCUT2D eigenvalue weighted by Gasteiger charge is -2.04. The number of rotatable bonds is 2. The van der Waals surface area contributed by atoms with Gasteiger partial charge in [0.2, 0.25) is 0 Å². The molecule has 0 N–H and O–H groups in total. The van der Waals surface area contributed by atoms with Gasteiger partial charge in [0.1, 0.15) is 5.69 Å². The Bertz CT molecular complexity index is 296. The Balaban J connectivity index is 2.13. The van der Waals surface area contributed by atoms with Crippen LogP contribution in [0.25, 0.3) is 0 Å². The number of carbonyl (C=O) groups excluding carboxylic acids is 1. The summed E-state index contributed by atoms with van der Waals surface area (Å²) in [5.41, 5.74) is 0.502. The van der Waals surface area contributed by atoms with Crippen molar-refractivity contribution < 1.29 is 4.79 Å². The van der Waals surface area contributed by atoms with Gasteiger partial charge in [-0.2, -0.15) is 11.8 Å². The molecule has 2 rings (SSSR count). The second-order valence-electron chi connectivity index (χ2n) is 2.96. The molecule has 1 aliphatic rings. The van der Waals surface area contributed by atoms with E-state index in [1.165, 1.54) is 0 Å². The second-order valence-corrected chi connectivity index (χ2v) is 4.27. The molecular formula is C9H10N2OS. The first-order valence-corrected chi connectivity index (χ1v) is 5.34. The van der Waals surface area contributed by atoms with E-state index < -0.39 is 0 Å². The van der Waals surface area contributed by atoms with Crippen LogP contribution in [0.3, 0.4) is 0 Å². The smallest absolute Gasteiger partial charge is 0.195 e. The van der Waals surface area contributed by atoms with Crippen LogP contribution >= 0.6 is 11.8 Å². The third kappa shape index (κ3) is 1.88. The molecule has 1 fully saturated rings. The van der Waals surface area contributed by atoms with Crippen molar-refractivity contribution in [2.75, 3.05) is 5.75 Å². The zero-order valence-electron chi connectivity index (χ0n) is 7.14. The molecule has 1 aromatic heterocycles. The summed E-state index contributed by atoms with van der Waals surface area (Å²) in [6.45, 7) is 0. The summed E-state index contributed by atoms with van der Waals surface area (Å²) in [5, 5.41) is 0.122. The predicted molar refractivity (Wildman–Crippen MR) is 51.8 cm³/mol. The number of thioether (sulfide) groups is 1. The monoisotopic (exact) mass is 194 g/mol. The molecule has 13 heavy (non-hydrogen) atoms. The van der Waals surface area contributed by atoms with Crippen molar-refractivity contribution >= 4 is 17.5 Å². The maximum Gasteiger partial charge on any atom is 0.195 e. The summed E-state index contributed by atoms with van der Waals surface area (Å²) >= 11 is 1.73. The molecule has 1 aliphatic heterocycles. The number of ketones is 1. The van der Waals surface area contributed by atoms with E-state index in [0.29, 0.717) is 5.69 Å². The molecule has 1 aromatic rings. The highest BCUT2D eigenvalue weighted by atomic mass is 32.2. The van der Waals surface area contributed by atoms with Gasteiger partial charge in [-0.05, 0) is 18.6 Å². The normalized spacial score (nSPS) is 21.7. The van der Waals surface area contributed by atoms with E-state index in [-0.39, 0.29) is 11.0 Å². The SMILES string of the molecule is O=C(c1cnccn1)C1CCCS1. The summed E-state index contributed by atoms with van der Waals surface area (Å²) in [7, 11) is 0. The first kappa shape index (κ1) is 8.69. The van der Waals surface area contributed by atoms with Gasteiger partial charge in [-0.25, -0.2) is 4.98 Å². The first-order chi connectivity index (χ1) is 6.38. The van der Waals surface area contributed by atoms with Crippen LogP contribution in [0.5, 0.6) is 0 Å². The fourth-order valence-corrected chi connectivity index (χ4v) is 2.60. The van der Waals surface area contributed by atoms with Gasteiger partial charge in [-0.1, -0.05) is 0 Å². The Morgan fingerprint density at radius 2 is 2.46 bits per heavy atom. The summed E-state index contributed by atoms with van der Waals surface area (Å²) in [5.74, 6) is 1.23. The van der Waals surface area contributed by atoms with Gasteiger partial charge < -0.3 is 0 Å². The summed E-state index contributed by atoms with van der Waals surface area (Å²) in [6.07, 6.45) is 6.81. The summed E-state index contributed by atoms with van der Waals surface area (Å²) in [4.78, 5) is 19.6. The average Bonchev–Trinajstić information content (AvgIpc) is 2.71. The number of Topliss-reactive ketones (excluding diaryl/α,β-unsaturated/α-hetero) is 1. The van der Waals surface area contributed by atoms with Crippen LogP contribution in [0.1, 0.15) is 23.3 Å². The van der Waals surface area contributed by atoms with Crippen molar-refractivity contribution in [2.45, 2.75) is 18.1 Å². The van der Waals surface area contributed by atoms with Crippen LogP contribution in [0.2, 0.25) is 0 Å². The molecule has 2 heterocycles. The quantitative estimate of drug-likeness (QED) is 0.670. The summed E-state index contributed by atoms with van der Waals surface area (Å²) < 4.78 is 0. The Morgan fingerprint density at radius 1 is 1.54 bits per heavy atom. The molecule has 1 unspecified atom stereocenters. The van der Waals surface area contributed by atoms with Crippen LogP contribution in [0.4, 0.5) is 0 Å². The largest absolute Gasteiger partial charge is 0.291 e. The molecule has 0 bridgehead atoms. The minimum Gasteiger partial charge on any atom is -0.291 e. The van der Waals surface area contributed by atoms with Gasteiger partial charge in [0.25, 0.3) is 0 Å². The molecule has 0 aliphatic carbocycles. The highest BCUT2D eigenvalue weighted by Gasteiger charge is 2.25. The molecule has 0 aromatic carbocycles. The van der Waals surface area contributed by atoms with Crippen molar-refractivity contribution in [1.29, 1.82) is 0 Å². The predicted octanol–water partition coefficient (Wildman–Crippen LogP) is 1.55. The average molecular weight is 194 g/mol. The van der Waals surface area contributed by atoms with Crippen LogP contribution in [0, 0.1) is 0 Å². The Labute approximate surface area is 81.0 Å². The van der Waals surface area contributed by atoms with Gasteiger partial charge in [-0.3, -0.25) is 9.78 Å². The third-order valence-corrected chi connectivity index (χ3v) is 3.41. The molecule has 0 amide bonds. The summed E-state index contributed by atoms with van der Waals surface area (Å²) in [6, 6.07) is 0. The minimum absolute atomic E-state index is 0.122. The number of carbonyl (C=O) groups is 1. The van der Waals surface area contributed by atoms with Crippen LogP contribution < -0.4 is 0 Å². The van der Waals surface area contributed by atoms with E-state index in [1.807, 2.05) is 0 Å². The molecule has 3 nitrogen and oxygen atoms in total. The van der Waals surface area contributed by atoms with E-state index in [2.05, 4.69) is 9.97 Å². The Hall–Kier alpha value is -0.900. The second kappa shape index (κ2) is 3.87. The topological polar surface area (TPSA) is 42.9 Å². The molecule has 0 spiro atoms. The number of aromatic nitrogens is 2. The standard InChI is InChI=1S/C9H10N2OS/c12-9(8-2-1-5-13-8)7-6-10-3-4-11-7/h3-4,6,8H,1-2,5H2. The Morgan fingerprint density at radius 3 is 3.08 bits per heavy atom. The third-order valence-electron chi connectivity index (χ3n) is 2.04. The zero-order valence-corrected chi connectivity index (χ0v) is 7.96. The molecule has 4 heteroatoms. The first-order valence-electron chi connectivity index (χ1n) is 4.30. The van der Waals surface area contributed by atoms with Crippen molar-refractivity contribution in [3.8, 4) is 0 Å². The molecule has 1 atom stereocenters. The minimum atomic E-state index is 0.122. The molecule has 0 radical (unpaired) electrons. The van der Waals surface area contributed by atoms with Crippen LogP contribution in [-0.2, 0) is 0 Å². The van der Waals surface area contributed by atoms with E-state index in [9.17, 15) is 4.79 Å².